The molecule has 0 heterocycles. The SMILES string of the molecule is CCCCCCCC(=O)O.O=C(O)c1ccccc1.OCCOCCO. The number of hydrogen-bond acceptors (Lipinski definition) is 5. The number of carboxylic acid groups (broad SMARTS) is 2. The molecule has 0 saturated heterocycles. The van der Waals surface area contributed by atoms with Gasteiger partial charge < -0.3 is 25.2 Å². The molecule has 7 heteroatoms. The monoisotopic (exact) mass is 372 g/mol. The fourth-order valence-electron chi connectivity index (χ4n) is 1.69. The van der Waals surface area contributed by atoms with E-state index in [1.54, 1.807) is 30.3 Å². The van der Waals surface area contributed by atoms with Crippen LogP contribution in [0.4, 0.5) is 0 Å². The van der Waals surface area contributed by atoms with E-state index in [1.165, 1.54) is 19.3 Å². The predicted molar refractivity (Wildman–Crippen MR) is 99.4 cm³/mol. The number of rotatable bonds is 11. The smallest absolute Gasteiger partial charge is 0.335 e. The van der Waals surface area contributed by atoms with Gasteiger partial charge >= 0.3 is 11.9 Å². The Hall–Kier alpha value is -1.96. The van der Waals surface area contributed by atoms with Gasteiger partial charge in [0.05, 0.1) is 32.0 Å². The molecule has 0 bridgehead atoms. The summed E-state index contributed by atoms with van der Waals surface area (Å²) in [6.45, 7) is 2.85. The van der Waals surface area contributed by atoms with Gasteiger partial charge in [-0.15, -0.1) is 0 Å². The van der Waals surface area contributed by atoms with Crippen molar-refractivity contribution in [2.24, 2.45) is 0 Å². The summed E-state index contributed by atoms with van der Waals surface area (Å²) in [6, 6.07) is 8.30. The molecule has 0 aromatic heterocycles. The number of aliphatic hydroxyl groups is 2. The van der Waals surface area contributed by atoms with Gasteiger partial charge in [-0.05, 0) is 18.6 Å². The zero-order valence-corrected chi connectivity index (χ0v) is 15.5. The van der Waals surface area contributed by atoms with Gasteiger partial charge in [0.2, 0.25) is 0 Å². The van der Waals surface area contributed by atoms with Crippen molar-refractivity contribution in [1.82, 2.24) is 0 Å². The van der Waals surface area contributed by atoms with Crippen LogP contribution in [0.2, 0.25) is 0 Å². The van der Waals surface area contributed by atoms with E-state index in [2.05, 4.69) is 11.7 Å². The number of benzene rings is 1. The van der Waals surface area contributed by atoms with Crippen LogP contribution >= 0.6 is 0 Å². The topological polar surface area (TPSA) is 124 Å². The minimum absolute atomic E-state index is 0.0278. The molecule has 1 rings (SSSR count). The molecule has 0 saturated carbocycles. The van der Waals surface area contributed by atoms with Crippen molar-refractivity contribution in [3.63, 3.8) is 0 Å². The molecule has 0 spiro atoms. The van der Waals surface area contributed by atoms with Gasteiger partial charge in [0.15, 0.2) is 0 Å². The normalized spacial score (nSPS) is 9.35. The highest BCUT2D eigenvalue weighted by Crippen LogP contribution is 2.04. The fourth-order valence-corrected chi connectivity index (χ4v) is 1.69. The zero-order valence-electron chi connectivity index (χ0n) is 15.5. The third-order valence-electron chi connectivity index (χ3n) is 2.99. The van der Waals surface area contributed by atoms with Crippen molar-refractivity contribution in [1.29, 1.82) is 0 Å². The maximum atomic E-state index is 10.2. The van der Waals surface area contributed by atoms with Crippen LogP contribution in [0.25, 0.3) is 0 Å². The Morgan fingerprint density at radius 1 is 0.885 bits per heavy atom. The van der Waals surface area contributed by atoms with Crippen molar-refractivity contribution in [3.05, 3.63) is 35.9 Å². The molecule has 0 aliphatic rings. The van der Waals surface area contributed by atoms with Crippen molar-refractivity contribution in [2.45, 2.75) is 45.4 Å². The van der Waals surface area contributed by atoms with Gasteiger partial charge in [-0.1, -0.05) is 50.8 Å². The average molecular weight is 372 g/mol. The van der Waals surface area contributed by atoms with E-state index in [-0.39, 0.29) is 13.2 Å². The lowest BCUT2D eigenvalue weighted by atomic mass is 10.1. The Kier molecular flexibility index (Phi) is 21.3. The highest BCUT2D eigenvalue weighted by Gasteiger charge is 1.96. The maximum absolute atomic E-state index is 10.2. The molecule has 1 aromatic carbocycles. The van der Waals surface area contributed by atoms with Crippen molar-refractivity contribution >= 4 is 11.9 Å². The van der Waals surface area contributed by atoms with E-state index in [1.807, 2.05) is 0 Å². The predicted octanol–water partition coefficient (Wildman–Crippen LogP) is 2.80. The third kappa shape index (κ3) is 22.0. The van der Waals surface area contributed by atoms with E-state index in [0.29, 0.717) is 25.2 Å². The van der Waals surface area contributed by atoms with Crippen LogP contribution < -0.4 is 0 Å². The van der Waals surface area contributed by atoms with Crippen LogP contribution in [-0.4, -0.2) is 58.8 Å². The largest absolute Gasteiger partial charge is 0.481 e. The summed E-state index contributed by atoms with van der Waals surface area (Å²) in [6.07, 6.45) is 5.88. The minimum atomic E-state index is -0.879. The Morgan fingerprint density at radius 3 is 1.81 bits per heavy atom. The van der Waals surface area contributed by atoms with E-state index in [0.717, 1.165) is 12.8 Å². The van der Waals surface area contributed by atoms with Crippen molar-refractivity contribution in [2.75, 3.05) is 26.4 Å². The molecule has 4 N–H and O–H groups in total. The highest BCUT2D eigenvalue weighted by atomic mass is 16.5. The van der Waals surface area contributed by atoms with Crippen molar-refractivity contribution < 1.29 is 34.8 Å². The average Bonchev–Trinajstić information content (AvgIpc) is 2.63. The molecule has 150 valence electrons. The molecule has 0 amide bonds. The van der Waals surface area contributed by atoms with Crippen LogP contribution in [0.1, 0.15) is 55.8 Å². The first kappa shape index (κ1) is 26.3. The van der Waals surface area contributed by atoms with E-state index < -0.39 is 11.9 Å². The minimum Gasteiger partial charge on any atom is -0.481 e. The number of aliphatic hydroxyl groups excluding tert-OH is 2. The first-order valence-electron chi connectivity index (χ1n) is 8.79. The highest BCUT2D eigenvalue weighted by molar-refractivity contribution is 5.87. The molecule has 0 radical (unpaired) electrons. The molecule has 0 aliphatic heterocycles. The molecule has 0 atom stereocenters. The number of carbonyl (C=O) groups is 2. The third-order valence-corrected chi connectivity index (χ3v) is 2.99. The number of ether oxygens (including phenoxy) is 1. The maximum Gasteiger partial charge on any atom is 0.335 e. The Labute approximate surface area is 155 Å². The molecule has 1 aromatic rings. The molecule has 0 fully saturated rings. The van der Waals surface area contributed by atoms with Crippen LogP contribution in [0, 0.1) is 0 Å². The van der Waals surface area contributed by atoms with E-state index in [9.17, 15) is 9.59 Å². The number of hydrogen-bond donors (Lipinski definition) is 4. The summed E-state index contributed by atoms with van der Waals surface area (Å²) in [5, 5.41) is 32.8. The summed E-state index contributed by atoms with van der Waals surface area (Å²) in [5.74, 6) is -1.55. The molecule has 7 nitrogen and oxygen atoms in total. The van der Waals surface area contributed by atoms with Gasteiger partial charge in [0, 0.05) is 6.42 Å². The Bertz CT molecular complexity index is 431. The van der Waals surface area contributed by atoms with Crippen LogP contribution in [-0.2, 0) is 9.53 Å². The first-order chi connectivity index (χ1) is 12.5. The van der Waals surface area contributed by atoms with Gasteiger partial charge in [-0.3, -0.25) is 4.79 Å². The first-order valence-corrected chi connectivity index (χ1v) is 8.79. The lowest BCUT2D eigenvalue weighted by molar-refractivity contribution is -0.137. The lowest BCUT2D eigenvalue weighted by Gasteiger charge is -1.95. The standard InChI is InChI=1S/C8H16O2.C7H6O2.C4H10O3/c1-2-3-4-5-6-7-8(9)10;8-7(9)6-4-2-1-3-5-6;5-1-3-7-4-2-6/h2-7H2,1H3,(H,9,10);1-5H,(H,8,9);5-6H,1-4H2. The van der Waals surface area contributed by atoms with Crippen LogP contribution in [0.15, 0.2) is 30.3 Å². The second-order valence-corrected chi connectivity index (χ2v) is 5.29. The zero-order chi connectivity index (χ0) is 20.0. The second kappa shape index (κ2) is 21.1. The van der Waals surface area contributed by atoms with Gasteiger partial charge in [-0.25, -0.2) is 4.79 Å². The number of aromatic carboxylic acids is 1. The van der Waals surface area contributed by atoms with E-state index >= 15 is 0 Å². The number of unbranched alkanes of at least 4 members (excludes halogenated alkanes) is 4. The number of aliphatic carboxylic acids is 1. The molecular weight excluding hydrogens is 340 g/mol. The molecular formula is C19H32O7. The summed E-state index contributed by atoms with van der Waals surface area (Å²) < 4.78 is 4.63. The summed E-state index contributed by atoms with van der Waals surface area (Å²) in [7, 11) is 0. The summed E-state index contributed by atoms with van der Waals surface area (Å²) >= 11 is 0. The fraction of sp³-hybridized carbons (Fsp3) is 0.579. The van der Waals surface area contributed by atoms with Gasteiger partial charge in [-0.2, -0.15) is 0 Å². The molecule has 0 unspecified atom stereocenters. The van der Waals surface area contributed by atoms with E-state index in [4.69, 9.17) is 20.4 Å². The quantitative estimate of drug-likeness (QED) is 0.440. The Morgan fingerprint density at radius 2 is 1.42 bits per heavy atom. The number of carboxylic acids is 2. The lowest BCUT2D eigenvalue weighted by Crippen LogP contribution is -2.03. The van der Waals surface area contributed by atoms with Crippen molar-refractivity contribution in [3.8, 4) is 0 Å². The Balaban J connectivity index is 0. The van der Waals surface area contributed by atoms with Gasteiger partial charge in [0.1, 0.15) is 0 Å². The molecule has 0 aliphatic carbocycles. The summed E-state index contributed by atoms with van der Waals surface area (Å²) in [4.78, 5) is 20.2. The molecule has 26 heavy (non-hydrogen) atoms. The van der Waals surface area contributed by atoms with Crippen LogP contribution in [0.3, 0.4) is 0 Å². The second-order valence-electron chi connectivity index (χ2n) is 5.29. The summed E-state index contributed by atoms with van der Waals surface area (Å²) in [5.41, 5.74) is 0.331. The van der Waals surface area contributed by atoms with Gasteiger partial charge in [0.25, 0.3) is 0 Å². The van der Waals surface area contributed by atoms with Crippen LogP contribution in [0.5, 0.6) is 0 Å².